The summed E-state index contributed by atoms with van der Waals surface area (Å²) in [6.45, 7) is 4.64. The minimum atomic E-state index is -0.540. The molecule has 0 spiro atoms. The number of nitrogens with one attached hydrogen (secondary N) is 1. The number of fused-ring (bicyclic) bond motifs is 1. The smallest absolute Gasteiger partial charge is 0.322 e. The Morgan fingerprint density at radius 3 is 2.77 bits per heavy atom. The summed E-state index contributed by atoms with van der Waals surface area (Å²) >= 11 is 0. The minimum Gasteiger partial charge on any atom is -0.421 e. The molecule has 0 radical (unpaired) electrons. The van der Waals surface area contributed by atoms with Crippen molar-refractivity contribution >= 4 is 22.4 Å². The molecule has 1 aromatic carbocycles. The highest BCUT2D eigenvalue weighted by Gasteiger charge is 2.24. The molecular formula is C22H20FN7O. The van der Waals surface area contributed by atoms with Crippen LogP contribution < -0.4 is 15.8 Å². The van der Waals surface area contributed by atoms with Crippen LogP contribution in [0.15, 0.2) is 43.0 Å². The van der Waals surface area contributed by atoms with E-state index in [4.69, 9.17) is 10.5 Å². The summed E-state index contributed by atoms with van der Waals surface area (Å²) in [6, 6.07) is 6.57. The Labute approximate surface area is 177 Å². The normalized spacial score (nSPS) is 13.3. The van der Waals surface area contributed by atoms with Gasteiger partial charge < -0.3 is 20.4 Å². The van der Waals surface area contributed by atoms with Crippen LogP contribution in [0.4, 0.5) is 10.2 Å². The van der Waals surface area contributed by atoms with E-state index >= 15 is 4.39 Å². The molecule has 0 saturated heterocycles. The SMILES string of the molecule is Cc1ccnc(Oc2ccc(-n3c(C4=CNCC4)c(C)c4ncnc(N)c43)cc2F)n1. The van der Waals surface area contributed by atoms with Crippen LogP contribution in [-0.4, -0.2) is 31.0 Å². The highest BCUT2D eigenvalue weighted by atomic mass is 19.1. The van der Waals surface area contributed by atoms with Crippen molar-refractivity contribution in [3.8, 4) is 17.4 Å². The molecule has 4 heterocycles. The van der Waals surface area contributed by atoms with E-state index in [9.17, 15) is 0 Å². The molecule has 0 saturated carbocycles. The molecule has 0 bridgehead atoms. The van der Waals surface area contributed by atoms with Gasteiger partial charge in [0.15, 0.2) is 17.4 Å². The third kappa shape index (κ3) is 3.24. The number of aromatic nitrogens is 5. The summed E-state index contributed by atoms with van der Waals surface area (Å²) < 4.78 is 22.5. The van der Waals surface area contributed by atoms with E-state index in [1.807, 2.05) is 24.6 Å². The summed E-state index contributed by atoms with van der Waals surface area (Å²) in [5.74, 6) is -0.170. The van der Waals surface area contributed by atoms with Gasteiger partial charge in [-0.05, 0) is 44.0 Å². The fourth-order valence-corrected chi connectivity index (χ4v) is 3.87. The highest BCUT2D eigenvalue weighted by molar-refractivity contribution is 5.94. The molecule has 9 heteroatoms. The topological polar surface area (TPSA) is 104 Å². The van der Waals surface area contributed by atoms with Gasteiger partial charge >= 0.3 is 6.01 Å². The average molecular weight is 417 g/mol. The lowest BCUT2D eigenvalue weighted by Crippen LogP contribution is -2.04. The maximum absolute atomic E-state index is 15.1. The average Bonchev–Trinajstić information content (AvgIpc) is 3.37. The van der Waals surface area contributed by atoms with Gasteiger partial charge in [-0.2, -0.15) is 0 Å². The number of anilines is 1. The minimum absolute atomic E-state index is 0.0371. The van der Waals surface area contributed by atoms with Crippen LogP contribution in [0.5, 0.6) is 11.8 Å². The predicted molar refractivity (Wildman–Crippen MR) is 115 cm³/mol. The molecule has 0 amide bonds. The molecule has 0 fully saturated rings. The quantitative estimate of drug-likeness (QED) is 0.522. The van der Waals surface area contributed by atoms with Crippen LogP contribution in [0.2, 0.25) is 0 Å². The van der Waals surface area contributed by atoms with Crippen LogP contribution in [-0.2, 0) is 0 Å². The van der Waals surface area contributed by atoms with Crippen LogP contribution in [0.1, 0.15) is 23.4 Å². The Bertz CT molecular complexity index is 1350. The first-order valence-electron chi connectivity index (χ1n) is 9.84. The van der Waals surface area contributed by atoms with Crippen molar-refractivity contribution in [1.29, 1.82) is 0 Å². The number of hydrogen-bond acceptors (Lipinski definition) is 7. The highest BCUT2D eigenvalue weighted by Crippen LogP contribution is 2.37. The molecule has 4 aromatic rings. The lowest BCUT2D eigenvalue weighted by molar-refractivity contribution is 0.410. The zero-order valence-corrected chi connectivity index (χ0v) is 17.1. The van der Waals surface area contributed by atoms with Crippen LogP contribution in [0, 0.1) is 19.7 Å². The number of nitrogen functional groups attached to an aromatic ring is 1. The molecule has 156 valence electrons. The summed E-state index contributed by atoms with van der Waals surface area (Å²) in [6.07, 6.45) is 5.83. The van der Waals surface area contributed by atoms with Crippen molar-refractivity contribution in [2.75, 3.05) is 12.3 Å². The van der Waals surface area contributed by atoms with Gasteiger partial charge in [-0.15, -0.1) is 0 Å². The van der Waals surface area contributed by atoms with Crippen molar-refractivity contribution in [1.82, 2.24) is 29.8 Å². The number of aryl methyl sites for hydroxylation is 2. The number of rotatable bonds is 4. The van der Waals surface area contributed by atoms with Gasteiger partial charge in [-0.1, -0.05) is 0 Å². The maximum Gasteiger partial charge on any atom is 0.322 e. The van der Waals surface area contributed by atoms with Gasteiger partial charge in [-0.25, -0.2) is 24.3 Å². The number of nitrogens with two attached hydrogens (primary N) is 1. The second-order valence-corrected chi connectivity index (χ2v) is 7.34. The van der Waals surface area contributed by atoms with E-state index in [-0.39, 0.29) is 11.8 Å². The molecular weight excluding hydrogens is 397 g/mol. The van der Waals surface area contributed by atoms with Crippen molar-refractivity contribution in [2.24, 2.45) is 0 Å². The van der Waals surface area contributed by atoms with Gasteiger partial charge in [0, 0.05) is 42.0 Å². The molecule has 8 nitrogen and oxygen atoms in total. The molecule has 3 aromatic heterocycles. The second-order valence-electron chi connectivity index (χ2n) is 7.34. The van der Waals surface area contributed by atoms with Gasteiger partial charge in [0.1, 0.15) is 11.8 Å². The van der Waals surface area contributed by atoms with Crippen LogP contribution in [0.25, 0.3) is 22.3 Å². The predicted octanol–water partition coefficient (Wildman–Crippen LogP) is 3.68. The van der Waals surface area contributed by atoms with Crippen molar-refractivity contribution in [2.45, 2.75) is 20.3 Å². The zero-order chi connectivity index (χ0) is 21.5. The number of hydrogen-bond donors (Lipinski definition) is 2. The maximum atomic E-state index is 15.1. The Hall–Kier alpha value is -4.01. The van der Waals surface area contributed by atoms with Crippen LogP contribution >= 0.6 is 0 Å². The second kappa shape index (κ2) is 7.35. The summed E-state index contributed by atoms with van der Waals surface area (Å²) in [5, 5.41) is 3.24. The molecule has 31 heavy (non-hydrogen) atoms. The van der Waals surface area contributed by atoms with Crippen molar-refractivity contribution in [3.63, 3.8) is 0 Å². The van der Waals surface area contributed by atoms with E-state index in [1.54, 1.807) is 24.4 Å². The van der Waals surface area contributed by atoms with Crippen molar-refractivity contribution < 1.29 is 9.13 Å². The van der Waals surface area contributed by atoms with E-state index in [0.717, 1.165) is 41.0 Å². The lowest BCUT2D eigenvalue weighted by atomic mass is 10.1. The standard InChI is InChI=1S/C22H20FN7O/c1-12-5-8-26-22(29-12)31-17-4-3-15(9-16(17)23)30-19(14-6-7-25-10-14)13(2)18-20(30)21(24)28-11-27-18/h3-5,8-11,25H,6-7H2,1-2H3,(H2,24,27,28). The van der Waals surface area contributed by atoms with Gasteiger partial charge in [0.2, 0.25) is 0 Å². The van der Waals surface area contributed by atoms with Gasteiger partial charge in [0.05, 0.1) is 11.2 Å². The lowest BCUT2D eigenvalue weighted by Gasteiger charge is -2.14. The molecule has 0 unspecified atom stereocenters. The molecule has 3 N–H and O–H groups in total. The van der Waals surface area contributed by atoms with E-state index in [2.05, 4.69) is 25.3 Å². The summed E-state index contributed by atoms with van der Waals surface area (Å²) in [4.78, 5) is 16.8. The Morgan fingerprint density at radius 1 is 1.16 bits per heavy atom. The first kappa shape index (κ1) is 19.0. The Kier molecular flexibility index (Phi) is 4.50. The third-order valence-corrected chi connectivity index (χ3v) is 5.27. The Balaban J connectivity index is 1.65. The molecule has 1 aliphatic heterocycles. The number of ether oxygens (including phenoxy) is 1. The number of halogens is 1. The van der Waals surface area contributed by atoms with Crippen LogP contribution in [0.3, 0.4) is 0 Å². The molecule has 0 atom stereocenters. The summed E-state index contributed by atoms with van der Waals surface area (Å²) in [5.41, 5.74) is 11.9. The summed E-state index contributed by atoms with van der Waals surface area (Å²) in [7, 11) is 0. The third-order valence-electron chi connectivity index (χ3n) is 5.27. The first-order chi connectivity index (χ1) is 15.0. The molecule has 1 aliphatic rings. The largest absolute Gasteiger partial charge is 0.421 e. The zero-order valence-electron chi connectivity index (χ0n) is 17.1. The molecule has 0 aliphatic carbocycles. The van der Waals surface area contributed by atoms with E-state index in [0.29, 0.717) is 17.0 Å². The Morgan fingerprint density at radius 2 is 2.03 bits per heavy atom. The fourth-order valence-electron chi connectivity index (χ4n) is 3.87. The fraction of sp³-hybridized carbons (Fsp3) is 0.182. The number of nitrogens with zero attached hydrogens (tertiary/aromatic N) is 5. The van der Waals surface area contributed by atoms with E-state index in [1.165, 1.54) is 12.4 Å². The monoisotopic (exact) mass is 417 g/mol. The van der Waals surface area contributed by atoms with Crippen molar-refractivity contribution in [3.05, 3.63) is 65.8 Å². The van der Waals surface area contributed by atoms with E-state index < -0.39 is 5.82 Å². The van der Waals surface area contributed by atoms with Gasteiger partial charge in [-0.3, -0.25) is 0 Å². The molecule has 5 rings (SSSR count). The van der Waals surface area contributed by atoms with Gasteiger partial charge in [0.25, 0.3) is 0 Å². The number of benzene rings is 1. The first-order valence-corrected chi connectivity index (χ1v) is 9.84.